The van der Waals surface area contributed by atoms with Gasteiger partial charge >= 0.3 is 0 Å². The highest BCUT2D eigenvalue weighted by atomic mass is 35.5. The first-order valence-electron chi connectivity index (χ1n) is 8.05. The Kier molecular flexibility index (Phi) is 7.35. The maximum atomic E-state index is 10.2. The Morgan fingerprint density at radius 3 is 2.52 bits per heavy atom. The Labute approximate surface area is 144 Å². The van der Waals surface area contributed by atoms with Crippen molar-refractivity contribution < 1.29 is 5.11 Å². The summed E-state index contributed by atoms with van der Waals surface area (Å²) in [6.45, 7) is 6.25. The van der Waals surface area contributed by atoms with Gasteiger partial charge in [-0.3, -0.25) is 9.80 Å². The lowest BCUT2D eigenvalue weighted by Gasteiger charge is -2.34. The van der Waals surface area contributed by atoms with E-state index in [4.69, 9.17) is 11.6 Å². The number of β-amino-alcohol motifs (C(OH)–C–C–N with tert-alkyl or cyclic N) is 1. The number of nitrogens with zero attached hydrogens (tertiary/aromatic N) is 3. The quantitative estimate of drug-likeness (QED) is 0.820. The van der Waals surface area contributed by atoms with Gasteiger partial charge in [-0.15, -0.1) is 0 Å². The molecule has 0 aromatic heterocycles. The van der Waals surface area contributed by atoms with E-state index >= 15 is 0 Å². The average molecular weight is 336 g/mol. The second kappa shape index (κ2) is 9.27. The lowest BCUT2D eigenvalue weighted by molar-refractivity contribution is 0.0632. The van der Waals surface area contributed by atoms with Gasteiger partial charge in [0.2, 0.25) is 0 Å². The number of piperazine rings is 1. The van der Waals surface area contributed by atoms with Crippen LogP contribution in [0.15, 0.2) is 24.3 Å². The van der Waals surface area contributed by atoms with Crippen LogP contribution in [0.25, 0.3) is 0 Å². The number of aliphatic hydroxyl groups is 1. The lowest BCUT2D eigenvalue weighted by atomic mass is 10.2. The number of aliphatic hydroxyl groups excluding tert-OH is 1. The summed E-state index contributed by atoms with van der Waals surface area (Å²) >= 11 is 5.85. The molecule has 126 valence electrons. The van der Waals surface area contributed by atoms with Gasteiger partial charge in [-0.05, 0) is 38.4 Å². The Bertz CT molecular complexity index is 529. The molecule has 1 saturated heterocycles. The van der Waals surface area contributed by atoms with E-state index in [0.29, 0.717) is 13.1 Å². The highest BCUT2D eigenvalue weighted by molar-refractivity contribution is 6.30. The second-order valence-electron chi connectivity index (χ2n) is 6.26. The topological polar surface area (TPSA) is 30.0 Å². The summed E-state index contributed by atoms with van der Waals surface area (Å²) in [6, 6.07) is 7.51. The molecule has 0 aliphatic carbocycles. The Hall–Kier alpha value is -1.09. The molecule has 1 atom stereocenters. The predicted octanol–water partition coefficient (Wildman–Crippen LogP) is 1.23. The minimum Gasteiger partial charge on any atom is -0.390 e. The SMILES string of the molecule is CN1CCN(CC(O)CN(C)CC#Cc2ccc(Cl)cc2)CC1. The minimum atomic E-state index is -0.333. The van der Waals surface area contributed by atoms with E-state index in [1.165, 1.54) is 0 Å². The highest BCUT2D eigenvalue weighted by Gasteiger charge is 2.17. The molecule has 2 rings (SSSR count). The molecule has 1 N–H and O–H groups in total. The molecule has 0 saturated carbocycles. The minimum absolute atomic E-state index is 0.333. The first-order chi connectivity index (χ1) is 11.0. The van der Waals surface area contributed by atoms with Crippen LogP contribution in [0.5, 0.6) is 0 Å². The summed E-state index contributed by atoms with van der Waals surface area (Å²) < 4.78 is 0. The van der Waals surface area contributed by atoms with Crippen LogP contribution in [-0.2, 0) is 0 Å². The van der Waals surface area contributed by atoms with Crippen molar-refractivity contribution in [1.29, 1.82) is 0 Å². The number of halogens is 1. The summed E-state index contributed by atoms with van der Waals surface area (Å²) in [5.74, 6) is 6.25. The lowest BCUT2D eigenvalue weighted by Crippen LogP contribution is -2.48. The first-order valence-corrected chi connectivity index (χ1v) is 8.42. The zero-order valence-electron chi connectivity index (χ0n) is 14.0. The molecule has 1 unspecified atom stereocenters. The molecular weight excluding hydrogens is 310 g/mol. The van der Waals surface area contributed by atoms with Crippen LogP contribution in [0.3, 0.4) is 0 Å². The van der Waals surface area contributed by atoms with E-state index < -0.39 is 0 Å². The van der Waals surface area contributed by atoms with E-state index in [1.807, 2.05) is 31.3 Å². The normalized spacial score (nSPS) is 17.8. The smallest absolute Gasteiger partial charge is 0.0794 e. The number of benzene rings is 1. The molecule has 1 heterocycles. The van der Waals surface area contributed by atoms with Crippen molar-refractivity contribution >= 4 is 11.6 Å². The van der Waals surface area contributed by atoms with Crippen molar-refractivity contribution in [2.75, 3.05) is 59.9 Å². The number of hydrogen-bond donors (Lipinski definition) is 1. The summed E-state index contributed by atoms with van der Waals surface area (Å²) in [5.41, 5.74) is 0.959. The fourth-order valence-electron chi connectivity index (χ4n) is 2.62. The monoisotopic (exact) mass is 335 g/mol. The number of hydrogen-bond acceptors (Lipinski definition) is 4. The molecule has 1 aromatic rings. The van der Waals surface area contributed by atoms with Gasteiger partial charge in [-0.2, -0.15) is 0 Å². The fourth-order valence-corrected chi connectivity index (χ4v) is 2.75. The van der Waals surface area contributed by atoms with Crippen molar-refractivity contribution in [2.24, 2.45) is 0 Å². The van der Waals surface area contributed by atoms with Crippen LogP contribution in [0.1, 0.15) is 5.56 Å². The van der Waals surface area contributed by atoms with Gasteiger partial charge in [-0.1, -0.05) is 23.4 Å². The van der Waals surface area contributed by atoms with E-state index in [-0.39, 0.29) is 6.10 Å². The third-order valence-electron chi connectivity index (χ3n) is 4.01. The van der Waals surface area contributed by atoms with Crippen LogP contribution in [0.2, 0.25) is 5.02 Å². The maximum absolute atomic E-state index is 10.2. The van der Waals surface area contributed by atoms with Gasteiger partial charge in [0.15, 0.2) is 0 Å². The third-order valence-corrected chi connectivity index (χ3v) is 4.27. The highest BCUT2D eigenvalue weighted by Crippen LogP contribution is 2.08. The van der Waals surface area contributed by atoms with Crippen LogP contribution in [0.4, 0.5) is 0 Å². The summed E-state index contributed by atoms with van der Waals surface area (Å²) in [4.78, 5) is 6.71. The van der Waals surface area contributed by atoms with Gasteiger partial charge in [0, 0.05) is 49.9 Å². The summed E-state index contributed by atoms with van der Waals surface area (Å²) in [7, 11) is 4.13. The molecule has 4 nitrogen and oxygen atoms in total. The molecule has 1 aliphatic heterocycles. The largest absolute Gasteiger partial charge is 0.390 e. The van der Waals surface area contributed by atoms with Crippen molar-refractivity contribution in [2.45, 2.75) is 6.10 Å². The van der Waals surface area contributed by atoms with Crippen molar-refractivity contribution in [1.82, 2.24) is 14.7 Å². The van der Waals surface area contributed by atoms with Crippen LogP contribution >= 0.6 is 11.6 Å². The molecule has 23 heavy (non-hydrogen) atoms. The van der Waals surface area contributed by atoms with E-state index in [0.717, 1.165) is 43.3 Å². The molecule has 1 fully saturated rings. The molecule has 0 amide bonds. The van der Waals surface area contributed by atoms with Gasteiger partial charge < -0.3 is 10.0 Å². The Balaban J connectivity index is 1.69. The van der Waals surface area contributed by atoms with Gasteiger partial charge in [0.25, 0.3) is 0 Å². The van der Waals surface area contributed by atoms with Crippen LogP contribution < -0.4 is 0 Å². The van der Waals surface area contributed by atoms with E-state index in [9.17, 15) is 5.11 Å². The van der Waals surface area contributed by atoms with Crippen LogP contribution in [-0.4, -0.2) is 85.8 Å². The zero-order valence-corrected chi connectivity index (χ0v) is 14.8. The molecular formula is C18H26ClN3O. The summed E-state index contributed by atoms with van der Waals surface area (Å²) in [5, 5.41) is 10.9. The summed E-state index contributed by atoms with van der Waals surface area (Å²) in [6.07, 6.45) is -0.333. The van der Waals surface area contributed by atoms with Crippen molar-refractivity contribution in [3.05, 3.63) is 34.9 Å². The molecule has 1 aliphatic rings. The van der Waals surface area contributed by atoms with E-state index in [1.54, 1.807) is 0 Å². The van der Waals surface area contributed by atoms with Crippen molar-refractivity contribution in [3.63, 3.8) is 0 Å². The van der Waals surface area contributed by atoms with Gasteiger partial charge in [0.05, 0.1) is 12.6 Å². The van der Waals surface area contributed by atoms with Crippen molar-refractivity contribution in [3.8, 4) is 11.8 Å². The molecule has 1 aromatic carbocycles. The Morgan fingerprint density at radius 1 is 1.22 bits per heavy atom. The predicted molar refractivity (Wildman–Crippen MR) is 95.8 cm³/mol. The fraction of sp³-hybridized carbons (Fsp3) is 0.556. The molecule has 5 heteroatoms. The van der Waals surface area contributed by atoms with Crippen LogP contribution in [0, 0.1) is 11.8 Å². The standard InChI is InChI=1S/C18H26ClN3O/c1-20-10-12-22(13-11-20)15-18(23)14-21(2)9-3-4-16-5-7-17(19)8-6-16/h5-8,18,23H,9-15H2,1-2H3. The Morgan fingerprint density at radius 2 is 1.87 bits per heavy atom. The van der Waals surface area contributed by atoms with Gasteiger partial charge in [-0.25, -0.2) is 0 Å². The average Bonchev–Trinajstić information content (AvgIpc) is 2.51. The molecule has 0 spiro atoms. The number of rotatable bonds is 5. The number of likely N-dealkylation sites (N-methyl/N-ethyl adjacent to an activating group) is 2. The third kappa shape index (κ3) is 6.90. The zero-order chi connectivity index (χ0) is 16.7. The van der Waals surface area contributed by atoms with E-state index in [2.05, 4.69) is 33.6 Å². The maximum Gasteiger partial charge on any atom is 0.0794 e. The molecule has 0 bridgehead atoms. The first kappa shape index (κ1) is 18.3. The van der Waals surface area contributed by atoms with Gasteiger partial charge in [0.1, 0.15) is 0 Å². The molecule has 0 radical (unpaired) electrons. The second-order valence-corrected chi connectivity index (χ2v) is 6.70.